The van der Waals surface area contributed by atoms with Gasteiger partial charge in [0.15, 0.2) is 6.61 Å². The number of nitrogens with two attached hydrogens (primary N) is 1. The Labute approximate surface area is 143 Å². The molecule has 2 aromatic rings. The number of carbonyl (C=O) groups excluding carboxylic acids is 2. The van der Waals surface area contributed by atoms with Crippen molar-refractivity contribution in [3.63, 3.8) is 0 Å². The molecule has 2 rings (SSSR count). The Morgan fingerprint density at radius 1 is 1.24 bits per heavy atom. The molecular formula is C17H17N3O5. The third-order valence-electron chi connectivity index (χ3n) is 3.54. The van der Waals surface area contributed by atoms with E-state index >= 15 is 0 Å². The van der Waals surface area contributed by atoms with Crippen LogP contribution >= 0.6 is 0 Å². The van der Waals surface area contributed by atoms with Gasteiger partial charge >= 0.3 is 5.97 Å². The topological polar surface area (TPSA) is 125 Å². The number of nitrogens with zero attached hydrogens (tertiary/aromatic N) is 1. The fraction of sp³-hybridized carbons (Fsp3) is 0.176. The number of nitrogens with one attached hydrogen (secondary N) is 1. The molecule has 0 aromatic heterocycles. The second-order valence-electron chi connectivity index (χ2n) is 5.31. The maximum atomic E-state index is 12.0. The van der Waals surface area contributed by atoms with Crippen LogP contribution in [0.1, 0.15) is 21.5 Å². The molecule has 0 atom stereocenters. The van der Waals surface area contributed by atoms with Crippen LogP contribution < -0.4 is 11.1 Å². The fourth-order valence-electron chi connectivity index (χ4n) is 2.10. The van der Waals surface area contributed by atoms with Gasteiger partial charge in [-0.05, 0) is 24.1 Å². The highest BCUT2D eigenvalue weighted by Gasteiger charge is 2.17. The first kappa shape index (κ1) is 17.9. The van der Waals surface area contributed by atoms with Crippen LogP contribution in [0.15, 0.2) is 42.5 Å². The first-order valence-electron chi connectivity index (χ1n) is 7.40. The molecule has 0 bridgehead atoms. The van der Waals surface area contributed by atoms with Gasteiger partial charge in [-0.1, -0.05) is 24.3 Å². The van der Waals surface area contributed by atoms with E-state index in [2.05, 4.69) is 5.32 Å². The SMILES string of the molecule is Cc1ccccc1CNC(=O)COC(=O)c1cc([N+](=O)[O-])ccc1N. The summed E-state index contributed by atoms with van der Waals surface area (Å²) in [5.41, 5.74) is 7.20. The highest BCUT2D eigenvalue weighted by molar-refractivity contribution is 5.96. The van der Waals surface area contributed by atoms with Crippen molar-refractivity contribution in [2.24, 2.45) is 0 Å². The van der Waals surface area contributed by atoms with Crippen molar-refractivity contribution in [3.8, 4) is 0 Å². The van der Waals surface area contributed by atoms with Crippen molar-refractivity contribution in [1.29, 1.82) is 0 Å². The molecule has 0 unspecified atom stereocenters. The van der Waals surface area contributed by atoms with Gasteiger partial charge in [-0.15, -0.1) is 0 Å². The van der Waals surface area contributed by atoms with Crippen LogP contribution in [0.3, 0.4) is 0 Å². The molecule has 0 aliphatic carbocycles. The number of hydrogen-bond acceptors (Lipinski definition) is 6. The number of rotatable bonds is 6. The van der Waals surface area contributed by atoms with Gasteiger partial charge in [-0.2, -0.15) is 0 Å². The van der Waals surface area contributed by atoms with Crippen molar-refractivity contribution >= 4 is 23.3 Å². The second-order valence-corrected chi connectivity index (χ2v) is 5.31. The van der Waals surface area contributed by atoms with Crippen LogP contribution in [0.4, 0.5) is 11.4 Å². The first-order chi connectivity index (χ1) is 11.9. The van der Waals surface area contributed by atoms with Gasteiger partial charge in [0.25, 0.3) is 11.6 Å². The molecule has 2 aromatic carbocycles. The Morgan fingerprint density at radius 3 is 2.64 bits per heavy atom. The number of nitrogen functional groups attached to an aromatic ring is 1. The lowest BCUT2D eigenvalue weighted by atomic mass is 10.1. The van der Waals surface area contributed by atoms with Gasteiger partial charge in [0.1, 0.15) is 0 Å². The molecule has 0 heterocycles. The summed E-state index contributed by atoms with van der Waals surface area (Å²) in [6.45, 7) is 1.72. The minimum absolute atomic E-state index is 0.0379. The van der Waals surface area contributed by atoms with Crippen LogP contribution in [-0.2, 0) is 16.1 Å². The summed E-state index contributed by atoms with van der Waals surface area (Å²) < 4.78 is 4.87. The molecule has 8 heteroatoms. The number of nitro benzene ring substituents is 1. The van der Waals surface area contributed by atoms with E-state index < -0.39 is 23.4 Å². The third-order valence-corrected chi connectivity index (χ3v) is 3.54. The maximum absolute atomic E-state index is 12.0. The quantitative estimate of drug-likeness (QED) is 0.357. The lowest BCUT2D eigenvalue weighted by molar-refractivity contribution is -0.384. The maximum Gasteiger partial charge on any atom is 0.341 e. The molecule has 0 aliphatic rings. The van der Waals surface area contributed by atoms with Crippen LogP contribution in [0.25, 0.3) is 0 Å². The van der Waals surface area contributed by atoms with E-state index in [9.17, 15) is 19.7 Å². The Hall–Kier alpha value is -3.42. The van der Waals surface area contributed by atoms with Crippen molar-refractivity contribution in [3.05, 3.63) is 69.3 Å². The molecule has 8 nitrogen and oxygen atoms in total. The summed E-state index contributed by atoms with van der Waals surface area (Å²) in [6.07, 6.45) is 0. The summed E-state index contributed by atoms with van der Waals surface area (Å²) in [4.78, 5) is 33.9. The number of benzene rings is 2. The van der Waals surface area contributed by atoms with E-state index in [4.69, 9.17) is 10.5 Å². The molecule has 25 heavy (non-hydrogen) atoms. The molecule has 0 saturated heterocycles. The average Bonchev–Trinajstić information content (AvgIpc) is 2.59. The number of ether oxygens (including phenoxy) is 1. The van der Waals surface area contributed by atoms with Gasteiger partial charge < -0.3 is 15.8 Å². The molecule has 0 aliphatic heterocycles. The summed E-state index contributed by atoms with van der Waals surface area (Å²) in [6, 6.07) is 11.0. The van der Waals surface area contributed by atoms with Crippen molar-refractivity contribution in [2.75, 3.05) is 12.3 Å². The van der Waals surface area contributed by atoms with Gasteiger partial charge in [-0.3, -0.25) is 14.9 Å². The van der Waals surface area contributed by atoms with Crippen molar-refractivity contribution in [1.82, 2.24) is 5.32 Å². The fourth-order valence-corrected chi connectivity index (χ4v) is 2.10. The molecule has 0 radical (unpaired) electrons. The summed E-state index contributed by atoms with van der Waals surface area (Å²) in [5.74, 6) is -1.38. The van der Waals surface area contributed by atoms with Gasteiger partial charge in [0, 0.05) is 24.4 Å². The minimum Gasteiger partial charge on any atom is -0.452 e. The van der Waals surface area contributed by atoms with E-state index in [1.807, 2.05) is 31.2 Å². The molecule has 0 saturated carbocycles. The summed E-state index contributed by atoms with van der Waals surface area (Å²) >= 11 is 0. The minimum atomic E-state index is -0.896. The zero-order chi connectivity index (χ0) is 18.4. The molecule has 3 N–H and O–H groups in total. The summed E-state index contributed by atoms with van der Waals surface area (Å²) in [5, 5.41) is 13.4. The molecule has 0 fully saturated rings. The standard InChI is InChI=1S/C17H17N3O5/c1-11-4-2-3-5-12(11)9-19-16(21)10-25-17(22)14-8-13(20(23)24)6-7-15(14)18/h2-8H,9-10,18H2,1H3,(H,19,21). The highest BCUT2D eigenvalue weighted by Crippen LogP contribution is 2.20. The van der Waals surface area contributed by atoms with Gasteiger partial charge in [0.05, 0.1) is 10.5 Å². The van der Waals surface area contributed by atoms with Crippen molar-refractivity contribution < 1.29 is 19.2 Å². The van der Waals surface area contributed by atoms with Gasteiger partial charge in [-0.25, -0.2) is 4.79 Å². The molecule has 130 valence electrons. The Bertz CT molecular complexity index is 820. The number of anilines is 1. The lowest BCUT2D eigenvalue weighted by Crippen LogP contribution is -2.28. The predicted molar refractivity (Wildman–Crippen MR) is 90.8 cm³/mol. The Kier molecular flexibility index (Phi) is 5.67. The highest BCUT2D eigenvalue weighted by atomic mass is 16.6. The van der Waals surface area contributed by atoms with Crippen LogP contribution in [0.5, 0.6) is 0 Å². The number of esters is 1. The Morgan fingerprint density at radius 2 is 1.96 bits per heavy atom. The van der Waals surface area contributed by atoms with E-state index in [1.165, 1.54) is 12.1 Å². The zero-order valence-electron chi connectivity index (χ0n) is 13.5. The summed E-state index contributed by atoms with van der Waals surface area (Å²) in [7, 11) is 0. The number of nitro groups is 1. The van der Waals surface area contributed by atoms with E-state index in [-0.39, 0.29) is 16.9 Å². The van der Waals surface area contributed by atoms with E-state index in [0.29, 0.717) is 6.54 Å². The van der Waals surface area contributed by atoms with E-state index in [1.54, 1.807) is 0 Å². The molecule has 0 spiro atoms. The van der Waals surface area contributed by atoms with Crippen LogP contribution in [0, 0.1) is 17.0 Å². The first-order valence-corrected chi connectivity index (χ1v) is 7.40. The lowest BCUT2D eigenvalue weighted by Gasteiger charge is -2.09. The van der Waals surface area contributed by atoms with Crippen LogP contribution in [-0.4, -0.2) is 23.4 Å². The number of aryl methyl sites for hydroxylation is 1. The monoisotopic (exact) mass is 343 g/mol. The number of hydrogen-bond donors (Lipinski definition) is 2. The van der Waals surface area contributed by atoms with E-state index in [0.717, 1.165) is 17.2 Å². The Balaban J connectivity index is 1.91. The van der Waals surface area contributed by atoms with Crippen molar-refractivity contribution in [2.45, 2.75) is 13.5 Å². The predicted octanol–water partition coefficient (Wildman–Crippen LogP) is 1.96. The van der Waals surface area contributed by atoms with Gasteiger partial charge in [0.2, 0.25) is 0 Å². The molecular weight excluding hydrogens is 326 g/mol. The smallest absolute Gasteiger partial charge is 0.341 e. The molecule has 1 amide bonds. The third kappa shape index (κ3) is 4.77. The number of non-ortho nitro benzene ring substituents is 1. The van der Waals surface area contributed by atoms with Crippen LogP contribution in [0.2, 0.25) is 0 Å². The average molecular weight is 343 g/mol. The number of amides is 1. The zero-order valence-corrected chi connectivity index (χ0v) is 13.5. The number of carbonyl (C=O) groups is 2. The largest absolute Gasteiger partial charge is 0.452 e. The normalized spacial score (nSPS) is 10.1. The second kappa shape index (κ2) is 7.91.